The molecule has 0 N–H and O–H groups in total. The van der Waals surface area contributed by atoms with Gasteiger partial charge in [-0.1, -0.05) is 0 Å². The molecule has 3 nitrogen and oxygen atoms in total. The second-order valence-electron chi connectivity index (χ2n) is 2.92. The number of carbonyl (C=O) groups is 1. The molecule has 0 aromatic heterocycles. The third kappa shape index (κ3) is 1.19. The van der Waals surface area contributed by atoms with E-state index in [1.54, 1.807) is 0 Å². The molecule has 1 aliphatic rings. The zero-order valence-electron chi connectivity index (χ0n) is 7.58. The predicted molar refractivity (Wildman–Crippen MR) is 50.1 cm³/mol. The van der Waals surface area contributed by atoms with Gasteiger partial charge in [-0.25, -0.2) is 4.39 Å². The van der Waals surface area contributed by atoms with Gasteiger partial charge >= 0.3 is 0 Å². The number of nitrogens with zero attached hydrogens (tertiary/aromatic N) is 1. The summed E-state index contributed by atoms with van der Waals surface area (Å²) in [5, 5.41) is 0. The van der Waals surface area contributed by atoms with Crippen molar-refractivity contribution in [1.82, 2.24) is 0 Å². The van der Waals surface area contributed by atoms with Gasteiger partial charge in [-0.3, -0.25) is 9.79 Å². The van der Waals surface area contributed by atoms with Crippen molar-refractivity contribution in [2.75, 3.05) is 7.11 Å². The van der Waals surface area contributed by atoms with Crippen molar-refractivity contribution in [3.8, 4) is 5.75 Å². The Morgan fingerprint density at radius 2 is 2.29 bits per heavy atom. The van der Waals surface area contributed by atoms with E-state index in [9.17, 15) is 9.18 Å². The molecular formula is C10H8FNO2. The lowest BCUT2D eigenvalue weighted by atomic mass is 10.0. The number of carbonyl (C=O) groups excluding carboxylic acids is 1. The van der Waals surface area contributed by atoms with Crippen LogP contribution in [-0.2, 0) is 0 Å². The summed E-state index contributed by atoms with van der Waals surface area (Å²) < 4.78 is 18.3. The van der Waals surface area contributed by atoms with E-state index in [1.165, 1.54) is 25.5 Å². The highest BCUT2D eigenvalue weighted by Gasteiger charge is 2.20. The second-order valence-corrected chi connectivity index (χ2v) is 2.92. The molecule has 1 aromatic carbocycles. The van der Waals surface area contributed by atoms with Crippen LogP contribution in [0.3, 0.4) is 0 Å². The Bertz CT molecular complexity index is 426. The first-order chi connectivity index (χ1) is 6.74. The number of Topliss-reactive ketones (excluding diaryl/α,β-unsaturated/α-hetero) is 1. The van der Waals surface area contributed by atoms with Gasteiger partial charge in [-0.2, -0.15) is 0 Å². The number of methoxy groups -OCH3 is 1. The molecule has 2 rings (SSSR count). The van der Waals surface area contributed by atoms with Crippen molar-refractivity contribution >= 4 is 17.7 Å². The van der Waals surface area contributed by atoms with Crippen LogP contribution in [-0.4, -0.2) is 19.1 Å². The van der Waals surface area contributed by atoms with Crippen molar-refractivity contribution in [2.45, 2.75) is 6.42 Å². The van der Waals surface area contributed by atoms with Crippen LogP contribution in [0.5, 0.6) is 5.75 Å². The number of ketones is 1. The highest BCUT2D eigenvalue weighted by Crippen LogP contribution is 2.32. The average molecular weight is 193 g/mol. The van der Waals surface area contributed by atoms with Crippen LogP contribution in [0.15, 0.2) is 17.1 Å². The Morgan fingerprint density at radius 1 is 1.50 bits per heavy atom. The van der Waals surface area contributed by atoms with E-state index in [1.807, 2.05) is 0 Å². The topological polar surface area (TPSA) is 38.7 Å². The molecule has 0 bridgehead atoms. The summed E-state index contributed by atoms with van der Waals surface area (Å²) in [6, 6.07) is 2.98. The molecule has 0 saturated carbocycles. The van der Waals surface area contributed by atoms with E-state index in [4.69, 9.17) is 4.74 Å². The number of fused-ring (bicyclic) bond motifs is 1. The van der Waals surface area contributed by atoms with Gasteiger partial charge in [0.05, 0.1) is 7.11 Å². The Kier molecular flexibility index (Phi) is 2.04. The highest BCUT2D eigenvalue weighted by molar-refractivity contribution is 6.10. The number of benzene rings is 1. The molecule has 72 valence electrons. The van der Waals surface area contributed by atoms with Gasteiger partial charge in [-0.15, -0.1) is 0 Å². The van der Waals surface area contributed by atoms with Crippen LogP contribution in [0.2, 0.25) is 0 Å². The van der Waals surface area contributed by atoms with E-state index in [-0.39, 0.29) is 23.6 Å². The van der Waals surface area contributed by atoms with E-state index < -0.39 is 5.82 Å². The lowest BCUT2D eigenvalue weighted by Gasteiger charge is -2.11. The molecule has 4 heteroatoms. The summed E-state index contributed by atoms with van der Waals surface area (Å²) in [4.78, 5) is 15.2. The number of ether oxygens (including phenoxy) is 1. The summed E-state index contributed by atoms with van der Waals surface area (Å²) in [7, 11) is 1.37. The van der Waals surface area contributed by atoms with Gasteiger partial charge in [-0.05, 0) is 12.1 Å². The number of hydrogen-bond donors (Lipinski definition) is 0. The number of hydrogen-bond acceptors (Lipinski definition) is 3. The summed E-state index contributed by atoms with van der Waals surface area (Å²) in [5.41, 5.74) is 0.409. The van der Waals surface area contributed by atoms with Gasteiger partial charge in [0, 0.05) is 18.2 Å². The fraction of sp³-hybridized carbons (Fsp3) is 0.200. The molecular weight excluding hydrogens is 185 g/mol. The maximum Gasteiger partial charge on any atom is 0.191 e. The SMILES string of the molecule is COc1ccc2c(c1F)N=CCC2=O. The molecule has 0 fully saturated rings. The maximum absolute atomic E-state index is 13.5. The first-order valence-electron chi connectivity index (χ1n) is 4.16. The first kappa shape index (κ1) is 8.87. The standard InChI is InChI=1S/C10H8FNO2/c1-14-8-3-2-6-7(13)4-5-12-10(6)9(8)11/h2-3,5H,4H2,1H3. The fourth-order valence-electron chi connectivity index (χ4n) is 1.38. The minimum Gasteiger partial charge on any atom is -0.494 e. The molecule has 0 radical (unpaired) electrons. The Morgan fingerprint density at radius 3 is 3.00 bits per heavy atom. The van der Waals surface area contributed by atoms with Gasteiger partial charge in [0.2, 0.25) is 0 Å². The predicted octanol–water partition coefficient (Wildman–Crippen LogP) is 2.12. The van der Waals surface area contributed by atoms with Crippen LogP contribution in [0, 0.1) is 5.82 Å². The average Bonchev–Trinajstić information content (AvgIpc) is 2.20. The first-order valence-corrected chi connectivity index (χ1v) is 4.16. The van der Waals surface area contributed by atoms with Gasteiger partial charge in [0.25, 0.3) is 0 Å². The summed E-state index contributed by atoms with van der Waals surface area (Å²) in [5.74, 6) is -0.582. The third-order valence-corrected chi connectivity index (χ3v) is 2.10. The van der Waals surface area contributed by atoms with Crippen molar-refractivity contribution in [2.24, 2.45) is 4.99 Å². The van der Waals surface area contributed by atoms with Crippen molar-refractivity contribution in [1.29, 1.82) is 0 Å². The lowest BCUT2D eigenvalue weighted by molar-refractivity contribution is 0.100. The van der Waals surface area contributed by atoms with E-state index in [0.717, 1.165) is 0 Å². The normalized spacial score (nSPS) is 14.0. The number of aliphatic imine (C=N–C) groups is 1. The molecule has 1 heterocycles. The Labute approximate surface area is 80.2 Å². The number of rotatable bonds is 1. The van der Waals surface area contributed by atoms with Gasteiger partial charge in [0.1, 0.15) is 5.69 Å². The smallest absolute Gasteiger partial charge is 0.191 e. The monoisotopic (exact) mass is 193 g/mol. The Balaban J connectivity index is 2.65. The van der Waals surface area contributed by atoms with E-state index in [0.29, 0.717) is 5.56 Å². The molecule has 1 aliphatic heterocycles. The van der Waals surface area contributed by atoms with Crippen LogP contribution < -0.4 is 4.74 Å². The zero-order valence-corrected chi connectivity index (χ0v) is 7.58. The van der Waals surface area contributed by atoms with Crippen molar-refractivity contribution < 1.29 is 13.9 Å². The molecule has 1 aromatic rings. The van der Waals surface area contributed by atoms with E-state index in [2.05, 4.69) is 4.99 Å². The van der Waals surface area contributed by atoms with Crippen LogP contribution in [0.1, 0.15) is 16.8 Å². The fourth-order valence-corrected chi connectivity index (χ4v) is 1.38. The minimum atomic E-state index is -0.575. The molecule has 0 saturated heterocycles. The number of halogens is 1. The molecule has 0 amide bonds. The van der Waals surface area contributed by atoms with Crippen LogP contribution >= 0.6 is 0 Å². The molecule has 0 spiro atoms. The Hall–Kier alpha value is -1.71. The quantitative estimate of drug-likeness (QED) is 0.685. The van der Waals surface area contributed by atoms with Crippen molar-refractivity contribution in [3.05, 3.63) is 23.5 Å². The highest BCUT2D eigenvalue weighted by atomic mass is 19.1. The summed E-state index contributed by atoms with van der Waals surface area (Å²) in [6.07, 6.45) is 1.64. The molecule has 0 unspecified atom stereocenters. The van der Waals surface area contributed by atoms with Gasteiger partial charge < -0.3 is 4.74 Å². The lowest BCUT2D eigenvalue weighted by Crippen LogP contribution is -2.06. The second kappa shape index (κ2) is 3.21. The third-order valence-electron chi connectivity index (χ3n) is 2.10. The minimum absolute atomic E-state index is 0.0839. The molecule has 14 heavy (non-hydrogen) atoms. The van der Waals surface area contributed by atoms with E-state index >= 15 is 0 Å². The van der Waals surface area contributed by atoms with Crippen LogP contribution in [0.25, 0.3) is 0 Å². The summed E-state index contributed by atoms with van der Waals surface area (Å²) >= 11 is 0. The molecule has 0 aliphatic carbocycles. The summed E-state index contributed by atoms with van der Waals surface area (Å²) in [6.45, 7) is 0. The largest absolute Gasteiger partial charge is 0.494 e. The van der Waals surface area contributed by atoms with Gasteiger partial charge in [0.15, 0.2) is 17.3 Å². The van der Waals surface area contributed by atoms with Crippen molar-refractivity contribution in [3.63, 3.8) is 0 Å². The molecule has 0 atom stereocenters. The zero-order chi connectivity index (χ0) is 10.1. The van der Waals surface area contributed by atoms with Crippen LogP contribution in [0.4, 0.5) is 10.1 Å². The maximum atomic E-state index is 13.5.